The zero-order valence-electron chi connectivity index (χ0n) is 8.82. The third-order valence-electron chi connectivity index (χ3n) is 2.36. The van der Waals surface area contributed by atoms with Crippen molar-refractivity contribution in [1.29, 1.82) is 0 Å². The first kappa shape index (κ1) is 11.3. The average molecular weight is 238 g/mol. The Morgan fingerprint density at radius 3 is 3.06 bits per heavy atom. The number of H-pyrrole nitrogens is 1. The third-order valence-corrected chi connectivity index (χ3v) is 2.59. The van der Waals surface area contributed by atoms with Gasteiger partial charge in [0, 0.05) is 12.3 Å². The molecule has 86 valence electrons. The summed E-state index contributed by atoms with van der Waals surface area (Å²) in [5.41, 5.74) is 2.55. The molecule has 0 aliphatic carbocycles. The first-order chi connectivity index (χ1) is 7.79. The minimum atomic E-state index is -0.402. The molecule has 16 heavy (non-hydrogen) atoms. The Hall–Kier alpha value is -1.20. The second kappa shape index (κ2) is 5.23. The van der Waals surface area contributed by atoms with E-state index in [2.05, 4.69) is 22.9 Å². The van der Waals surface area contributed by atoms with E-state index >= 15 is 0 Å². The number of hydrogen-bond donors (Lipinski definition) is 3. The van der Waals surface area contributed by atoms with Gasteiger partial charge in [-0.05, 0) is 30.7 Å². The fourth-order valence-electron chi connectivity index (χ4n) is 1.59. The van der Waals surface area contributed by atoms with E-state index in [0.29, 0.717) is 5.58 Å². The van der Waals surface area contributed by atoms with Crippen LogP contribution in [0.5, 0.6) is 0 Å². The topological polar surface area (TPSA) is 58.0 Å². The molecule has 0 saturated heterocycles. The molecule has 4 nitrogen and oxygen atoms in total. The number of aromatic nitrogens is 1. The van der Waals surface area contributed by atoms with Gasteiger partial charge in [-0.15, -0.1) is 0 Å². The summed E-state index contributed by atoms with van der Waals surface area (Å²) >= 11 is 4.12. The fourth-order valence-corrected chi connectivity index (χ4v) is 1.75. The van der Waals surface area contributed by atoms with Crippen LogP contribution < -0.4 is 11.1 Å². The molecule has 0 saturated carbocycles. The molecule has 5 heteroatoms. The zero-order chi connectivity index (χ0) is 11.4. The predicted octanol–water partition coefficient (Wildman–Crippen LogP) is 1.18. The lowest BCUT2D eigenvalue weighted by Crippen LogP contribution is -2.19. The van der Waals surface area contributed by atoms with Gasteiger partial charge in [-0.2, -0.15) is 12.6 Å². The number of hydrogen-bond acceptors (Lipinski definition) is 4. The van der Waals surface area contributed by atoms with Gasteiger partial charge in [0.2, 0.25) is 0 Å². The van der Waals surface area contributed by atoms with Crippen molar-refractivity contribution in [1.82, 2.24) is 10.3 Å². The smallest absolute Gasteiger partial charge is 0.408 e. The number of benzene rings is 1. The molecule has 0 aliphatic heterocycles. The molecule has 0 unspecified atom stereocenters. The van der Waals surface area contributed by atoms with E-state index in [4.69, 9.17) is 4.42 Å². The van der Waals surface area contributed by atoms with Gasteiger partial charge in [-0.1, -0.05) is 6.07 Å². The summed E-state index contributed by atoms with van der Waals surface area (Å²) in [4.78, 5) is 13.6. The second-order valence-corrected chi connectivity index (χ2v) is 4.02. The minimum Gasteiger partial charge on any atom is -0.408 e. The zero-order valence-corrected chi connectivity index (χ0v) is 9.72. The van der Waals surface area contributed by atoms with Crippen molar-refractivity contribution in [2.75, 3.05) is 18.8 Å². The maximum atomic E-state index is 11.0. The Morgan fingerprint density at radius 2 is 2.25 bits per heavy atom. The van der Waals surface area contributed by atoms with E-state index in [1.54, 1.807) is 0 Å². The fraction of sp³-hybridized carbons (Fsp3) is 0.364. The van der Waals surface area contributed by atoms with Crippen LogP contribution in [0.2, 0.25) is 0 Å². The lowest BCUT2D eigenvalue weighted by atomic mass is 10.1. The van der Waals surface area contributed by atoms with Crippen molar-refractivity contribution in [3.8, 4) is 0 Å². The van der Waals surface area contributed by atoms with E-state index in [0.717, 1.165) is 30.8 Å². The standard InChI is InChI=1S/C11H14N2O2S/c14-11-13-9-7-8(1-2-10(9)15-11)3-4-12-5-6-16/h1-2,7,12,16H,3-6H2,(H,13,14). The molecule has 0 aliphatic rings. The monoisotopic (exact) mass is 238 g/mol. The normalized spacial score (nSPS) is 11.1. The Labute approximate surface area is 98.5 Å². The van der Waals surface area contributed by atoms with Gasteiger partial charge >= 0.3 is 5.76 Å². The van der Waals surface area contributed by atoms with Gasteiger partial charge in [-0.3, -0.25) is 4.98 Å². The molecule has 2 N–H and O–H groups in total. The number of aromatic amines is 1. The lowest BCUT2D eigenvalue weighted by Gasteiger charge is -2.02. The molecule has 1 aromatic carbocycles. The summed E-state index contributed by atoms with van der Waals surface area (Å²) < 4.78 is 4.93. The summed E-state index contributed by atoms with van der Waals surface area (Å²) in [5, 5.41) is 3.27. The van der Waals surface area contributed by atoms with Gasteiger partial charge in [0.15, 0.2) is 5.58 Å². The van der Waals surface area contributed by atoms with Crippen LogP contribution in [-0.2, 0) is 6.42 Å². The highest BCUT2D eigenvalue weighted by Gasteiger charge is 2.01. The number of fused-ring (bicyclic) bond motifs is 1. The highest BCUT2D eigenvalue weighted by atomic mass is 32.1. The molecule has 0 atom stereocenters. The highest BCUT2D eigenvalue weighted by Crippen LogP contribution is 2.12. The summed E-state index contributed by atoms with van der Waals surface area (Å²) in [5.74, 6) is 0.439. The van der Waals surface area contributed by atoms with Gasteiger partial charge in [0.05, 0.1) is 5.52 Å². The molecule has 0 radical (unpaired) electrons. The van der Waals surface area contributed by atoms with Crippen molar-refractivity contribution in [2.45, 2.75) is 6.42 Å². The molecule has 0 spiro atoms. The van der Waals surface area contributed by atoms with Crippen molar-refractivity contribution in [3.05, 3.63) is 34.3 Å². The Balaban J connectivity index is 2.04. The number of rotatable bonds is 5. The maximum absolute atomic E-state index is 11.0. The van der Waals surface area contributed by atoms with Crippen molar-refractivity contribution < 1.29 is 4.42 Å². The van der Waals surface area contributed by atoms with Gasteiger partial charge in [0.1, 0.15) is 0 Å². The molecular weight excluding hydrogens is 224 g/mol. The number of thiol groups is 1. The number of oxazole rings is 1. The minimum absolute atomic E-state index is 0.402. The largest absolute Gasteiger partial charge is 0.417 e. The maximum Gasteiger partial charge on any atom is 0.417 e. The van der Waals surface area contributed by atoms with Gasteiger partial charge in [0.25, 0.3) is 0 Å². The Kier molecular flexibility index (Phi) is 3.69. The summed E-state index contributed by atoms with van der Waals surface area (Å²) in [6, 6.07) is 5.74. The quantitative estimate of drug-likeness (QED) is 0.541. The van der Waals surface area contributed by atoms with Crippen molar-refractivity contribution in [2.24, 2.45) is 0 Å². The van der Waals surface area contributed by atoms with Gasteiger partial charge < -0.3 is 9.73 Å². The molecule has 0 amide bonds. The predicted molar refractivity (Wildman–Crippen MR) is 67.3 cm³/mol. The van der Waals surface area contributed by atoms with Crippen LogP contribution in [0.4, 0.5) is 0 Å². The summed E-state index contributed by atoms with van der Waals surface area (Å²) in [7, 11) is 0. The van der Waals surface area contributed by atoms with Crippen LogP contribution in [0.3, 0.4) is 0 Å². The highest BCUT2D eigenvalue weighted by molar-refractivity contribution is 7.80. The molecule has 1 heterocycles. The number of nitrogens with one attached hydrogen (secondary N) is 2. The summed E-state index contributed by atoms with van der Waals surface area (Å²) in [6.07, 6.45) is 0.928. The lowest BCUT2D eigenvalue weighted by molar-refractivity contribution is 0.555. The SMILES string of the molecule is O=c1[nH]c2cc(CCNCCS)ccc2o1. The first-order valence-corrected chi connectivity index (χ1v) is 5.86. The van der Waals surface area contributed by atoms with E-state index in [-0.39, 0.29) is 0 Å². The third kappa shape index (κ3) is 2.68. The van der Waals surface area contributed by atoms with Crippen LogP contribution in [-0.4, -0.2) is 23.8 Å². The van der Waals surface area contributed by atoms with Crippen LogP contribution in [0.1, 0.15) is 5.56 Å². The molecule has 0 bridgehead atoms. The first-order valence-electron chi connectivity index (χ1n) is 5.23. The molecular formula is C11H14N2O2S. The van der Waals surface area contributed by atoms with Crippen LogP contribution in [0, 0.1) is 0 Å². The van der Waals surface area contributed by atoms with Crippen LogP contribution in [0.15, 0.2) is 27.4 Å². The molecule has 2 rings (SSSR count). The molecule has 2 aromatic rings. The summed E-state index contributed by atoms with van der Waals surface area (Å²) in [6.45, 7) is 1.82. The Bertz CT molecular complexity index is 518. The van der Waals surface area contributed by atoms with E-state index in [1.165, 1.54) is 5.56 Å². The van der Waals surface area contributed by atoms with Crippen molar-refractivity contribution in [3.63, 3.8) is 0 Å². The van der Waals surface area contributed by atoms with Crippen LogP contribution >= 0.6 is 12.6 Å². The van der Waals surface area contributed by atoms with Crippen molar-refractivity contribution >= 4 is 23.7 Å². The van der Waals surface area contributed by atoms with Crippen LogP contribution in [0.25, 0.3) is 11.1 Å². The molecule has 0 fully saturated rings. The van der Waals surface area contributed by atoms with E-state index in [9.17, 15) is 4.79 Å². The van der Waals surface area contributed by atoms with Gasteiger partial charge in [-0.25, -0.2) is 4.79 Å². The Morgan fingerprint density at radius 1 is 1.38 bits per heavy atom. The molecule has 1 aromatic heterocycles. The van der Waals surface area contributed by atoms with E-state index in [1.807, 2.05) is 18.2 Å². The van der Waals surface area contributed by atoms with E-state index < -0.39 is 5.76 Å². The second-order valence-electron chi connectivity index (χ2n) is 3.57. The average Bonchev–Trinajstić information content (AvgIpc) is 2.64.